The molecule has 0 aromatic heterocycles. The molecule has 2 rings (SSSR count). The zero-order chi connectivity index (χ0) is 13.6. The first-order valence-corrected chi connectivity index (χ1v) is 7.54. The minimum Gasteiger partial charge on any atom is -0.0851 e. The van der Waals surface area contributed by atoms with Gasteiger partial charge in [0, 0.05) is 0 Å². The molecule has 0 spiro atoms. The van der Waals surface area contributed by atoms with Crippen LogP contribution in [0.1, 0.15) is 75.2 Å². The molecule has 0 heteroatoms. The lowest BCUT2D eigenvalue weighted by molar-refractivity contribution is 0.493. The van der Waals surface area contributed by atoms with Crippen molar-refractivity contribution in [3.63, 3.8) is 0 Å². The van der Waals surface area contributed by atoms with Crippen LogP contribution < -0.4 is 0 Å². The molecule has 0 aromatic carbocycles. The Kier molecular flexibility index (Phi) is 22.6. The maximum absolute atomic E-state index is 2.40. The lowest BCUT2D eigenvalue weighted by Gasteiger charge is -2.09. The van der Waals surface area contributed by atoms with Crippen molar-refractivity contribution in [2.24, 2.45) is 17.8 Å². The molecule has 2 aliphatic rings. The summed E-state index contributed by atoms with van der Waals surface area (Å²) in [5.41, 5.74) is 0. The topological polar surface area (TPSA) is 0 Å². The SMILES string of the molecule is CC.CC.CC.CC.CC1CC2C=CC1C2. The molecule has 0 nitrogen and oxygen atoms in total. The second-order valence-electron chi connectivity index (χ2n) is 3.26. The first-order chi connectivity index (χ1) is 7.86. The maximum Gasteiger partial charge on any atom is -0.0202 e. The minimum atomic E-state index is 0.958. The van der Waals surface area contributed by atoms with Gasteiger partial charge in [0.1, 0.15) is 0 Å². The lowest BCUT2D eigenvalue weighted by atomic mass is 9.96. The Balaban J connectivity index is -0.000000183. The summed E-state index contributed by atoms with van der Waals surface area (Å²) >= 11 is 0. The van der Waals surface area contributed by atoms with Crippen molar-refractivity contribution in [3.05, 3.63) is 12.2 Å². The summed E-state index contributed by atoms with van der Waals surface area (Å²) in [6.45, 7) is 18.4. The van der Waals surface area contributed by atoms with Gasteiger partial charge in [-0.3, -0.25) is 0 Å². The Morgan fingerprint density at radius 1 is 0.688 bits per heavy atom. The van der Waals surface area contributed by atoms with Gasteiger partial charge < -0.3 is 0 Å². The molecule has 2 bridgehead atoms. The molecule has 0 radical (unpaired) electrons. The van der Waals surface area contributed by atoms with Crippen LogP contribution in [-0.2, 0) is 0 Å². The van der Waals surface area contributed by atoms with Crippen molar-refractivity contribution in [1.82, 2.24) is 0 Å². The van der Waals surface area contributed by atoms with Gasteiger partial charge >= 0.3 is 0 Å². The van der Waals surface area contributed by atoms with E-state index in [0.717, 1.165) is 17.8 Å². The van der Waals surface area contributed by atoms with Crippen molar-refractivity contribution in [2.75, 3.05) is 0 Å². The summed E-state index contributed by atoms with van der Waals surface area (Å²) in [7, 11) is 0. The highest BCUT2D eigenvalue weighted by Crippen LogP contribution is 2.42. The van der Waals surface area contributed by atoms with Crippen LogP contribution in [0.4, 0.5) is 0 Å². The van der Waals surface area contributed by atoms with Crippen molar-refractivity contribution in [2.45, 2.75) is 75.2 Å². The largest absolute Gasteiger partial charge is 0.0851 e. The number of rotatable bonds is 0. The number of hydrogen-bond donors (Lipinski definition) is 0. The van der Waals surface area contributed by atoms with E-state index in [1.54, 1.807) is 0 Å². The monoisotopic (exact) mass is 228 g/mol. The lowest BCUT2D eigenvalue weighted by Crippen LogP contribution is -1.99. The molecule has 16 heavy (non-hydrogen) atoms. The Labute approximate surface area is 106 Å². The summed E-state index contributed by atoms with van der Waals surface area (Å²) in [5, 5.41) is 0. The van der Waals surface area contributed by atoms with Gasteiger partial charge in [0.2, 0.25) is 0 Å². The molecular weight excluding hydrogens is 192 g/mol. The highest BCUT2D eigenvalue weighted by molar-refractivity contribution is 5.08. The zero-order valence-corrected chi connectivity index (χ0v) is 13.3. The molecule has 1 saturated carbocycles. The Morgan fingerprint density at radius 2 is 1.12 bits per heavy atom. The van der Waals surface area contributed by atoms with E-state index in [1.165, 1.54) is 12.8 Å². The van der Waals surface area contributed by atoms with Crippen LogP contribution in [0.2, 0.25) is 0 Å². The molecule has 0 aromatic rings. The maximum atomic E-state index is 2.40. The van der Waals surface area contributed by atoms with Gasteiger partial charge in [-0.1, -0.05) is 74.5 Å². The van der Waals surface area contributed by atoms with Crippen LogP contribution >= 0.6 is 0 Å². The third kappa shape index (κ3) is 7.96. The van der Waals surface area contributed by atoms with E-state index in [-0.39, 0.29) is 0 Å². The van der Waals surface area contributed by atoms with Crippen LogP contribution in [0.3, 0.4) is 0 Å². The average molecular weight is 228 g/mol. The van der Waals surface area contributed by atoms with Crippen LogP contribution in [0.5, 0.6) is 0 Å². The third-order valence-electron chi connectivity index (χ3n) is 2.61. The molecule has 100 valence electrons. The summed E-state index contributed by atoms with van der Waals surface area (Å²) < 4.78 is 0. The molecule has 2 aliphatic carbocycles. The van der Waals surface area contributed by atoms with Gasteiger partial charge in [-0.25, -0.2) is 0 Å². The van der Waals surface area contributed by atoms with Gasteiger partial charge in [0.05, 0.1) is 0 Å². The van der Waals surface area contributed by atoms with E-state index in [0.29, 0.717) is 0 Å². The van der Waals surface area contributed by atoms with Crippen molar-refractivity contribution in [1.29, 1.82) is 0 Å². The number of allylic oxidation sites excluding steroid dienone is 2. The summed E-state index contributed by atoms with van der Waals surface area (Å²) in [6, 6.07) is 0. The molecule has 0 aliphatic heterocycles. The first-order valence-electron chi connectivity index (χ1n) is 7.54. The summed E-state index contributed by atoms with van der Waals surface area (Å²) in [5.74, 6) is 2.92. The van der Waals surface area contributed by atoms with Crippen molar-refractivity contribution >= 4 is 0 Å². The Morgan fingerprint density at radius 3 is 1.25 bits per heavy atom. The van der Waals surface area contributed by atoms with Gasteiger partial charge in [-0.05, 0) is 30.6 Å². The Bertz CT molecular complexity index is 124. The van der Waals surface area contributed by atoms with E-state index < -0.39 is 0 Å². The van der Waals surface area contributed by atoms with E-state index in [2.05, 4.69) is 19.1 Å². The van der Waals surface area contributed by atoms with E-state index in [9.17, 15) is 0 Å². The molecule has 0 heterocycles. The predicted molar refractivity (Wildman–Crippen MR) is 79.9 cm³/mol. The van der Waals surface area contributed by atoms with Gasteiger partial charge in [-0.2, -0.15) is 0 Å². The fourth-order valence-corrected chi connectivity index (χ4v) is 2.06. The molecule has 0 amide bonds. The molecule has 3 unspecified atom stereocenters. The van der Waals surface area contributed by atoms with Crippen LogP contribution in [0, 0.1) is 17.8 Å². The average Bonchev–Trinajstić information content (AvgIpc) is 3.01. The second-order valence-corrected chi connectivity index (χ2v) is 3.26. The third-order valence-corrected chi connectivity index (χ3v) is 2.61. The highest BCUT2D eigenvalue weighted by atomic mass is 14.4. The quantitative estimate of drug-likeness (QED) is 0.425. The van der Waals surface area contributed by atoms with Crippen LogP contribution in [-0.4, -0.2) is 0 Å². The number of fused-ring (bicyclic) bond motifs is 2. The minimum absolute atomic E-state index is 0.958. The fourth-order valence-electron chi connectivity index (χ4n) is 2.06. The van der Waals surface area contributed by atoms with E-state index in [4.69, 9.17) is 0 Å². The zero-order valence-electron chi connectivity index (χ0n) is 13.3. The molecule has 0 N–H and O–H groups in total. The van der Waals surface area contributed by atoms with E-state index in [1.807, 2.05) is 55.4 Å². The second kappa shape index (κ2) is 17.1. The molecule has 1 fully saturated rings. The summed E-state index contributed by atoms with van der Waals surface area (Å²) in [6.07, 6.45) is 7.71. The smallest absolute Gasteiger partial charge is 0.0202 e. The standard InChI is InChI=1S/C8H12.4C2H6/c1-6-4-7-2-3-8(6)5-7;4*1-2/h2-3,6-8H,4-5H2,1H3;4*1-2H3. The normalized spacial score (nSPS) is 26.9. The Hall–Kier alpha value is -0.260. The van der Waals surface area contributed by atoms with Gasteiger partial charge in [0.25, 0.3) is 0 Å². The van der Waals surface area contributed by atoms with Gasteiger partial charge in [0.15, 0.2) is 0 Å². The fraction of sp³-hybridized carbons (Fsp3) is 0.875. The molecule has 0 saturated heterocycles. The first kappa shape index (κ1) is 21.1. The van der Waals surface area contributed by atoms with Crippen LogP contribution in [0.15, 0.2) is 12.2 Å². The summed E-state index contributed by atoms with van der Waals surface area (Å²) in [4.78, 5) is 0. The number of hydrogen-bond acceptors (Lipinski definition) is 0. The molecule has 3 atom stereocenters. The predicted octanol–water partition coefficient (Wildman–Crippen LogP) is 6.32. The van der Waals surface area contributed by atoms with Crippen molar-refractivity contribution in [3.8, 4) is 0 Å². The molecular formula is C16H36. The van der Waals surface area contributed by atoms with E-state index >= 15 is 0 Å². The van der Waals surface area contributed by atoms with Crippen LogP contribution in [0.25, 0.3) is 0 Å². The van der Waals surface area contributed by atoms with Crippen molar-refractivity contribution < 1.29 is 0 Å². The highest BCUT2D eigenvalue weighted by Gasteiger charge is 2.32. The van der Waals surface area contributed by atoms with Gasteiger partial charge in [-0.15, -0.1) is 0 Å².